The van der Waals surface area contributed by atoms with Crippen LogP contribution in [0.1, 0.15) is 29.6 Å². The van der Waals surface area contributed by atoms with E-state index >= 15 is 0 Å². The quantitative estimate of drug-likeness (QED) is 0.663. The average Bonchev–Trinajstić information content (AvgIpc) is 2.70. The zero-order chi connectivity index (χ0) is 10.7. The first-order valence-electron chi connectivity index (χ1n) is 6.16. The summed E-state index contributed by atoms with van der Waals surface area (Å²) in [7, 11) is 0. The lowest BCUT2D eigenvalue weighted by molar-refractivity contribution is -0.0576. The van der Waals surface area contributed by atoms with Crippen molar-refractivity contribution in [1.29, 1.82) is 0 Å². The molecule has 2 nitrogen and oxygen atoms in total. The normalized spacial score (nSPS) is 39.1. The SMILES string of the molecule is O=C1c2ccccc2OC2C3CCCC3C12. The molecule has 4 rings (SSSR count). The van der Waals surface area contributed by atoms with Crippen molar-refractivity contribution in [2.75, 3.05) is 0 Å². The Morgan fingerprint density at radius 3 is 2.88 bits per heavy atom. The predicted molar refractivity (Wildman–Crippen MR) is 59.5 cm³/mol. The van der Waals surface area contributed by atoms with Gasteiger partial charge in [0.2, 0.25) is 0 Å². The van der Waals surface area contributed by atoms with Crippen molar-refractivity contribution in [2.24, 2.45) is 17.8 Å². The number of rotatable bonds is 0. The first-order chi connectivity index (χ1) is 7.86. The van der Waals surface area contributed by atoms with Gasteiger partial charge in [0.25, 0.3) is 0 Å². The molecular formula is C14H14O2. The molecule has 16 heavy (non-hydrogen) atoms. The lowest BCUT2D eigenvalue weighted by atomic mass is 9.60. The molecule has 0 amide bonds. The second kappa shape index (κ2) is 2.88. The number of ketones is 1. The average molecular weight is 214 g/mol. The Morgan fingerprint density at radius 1 is 1.12 bits per heavy atom. The summed E-state index contributed by atoms with van der Waals surface area (Å²) in [5.41, 5.74) is 0.800. The molecule has 0 bridgehead atoms. The molecular weight excluding hydrogens is 200 g/mol. The largest absolute Gasteiger partial charge is 0.489 e. The second-order valence-electron chi connectivity index (χ2n) is 5.23. The van der Waals surface area contributed by atoms with Crippen molar-refractivity contribution in [3.8, 4) is 5.75 Å². The van der Waals surface area contributed by atoms with Gasteiger partial charge in [-0.2, -0.15) is 0 Å². The molecule has 0 radical (unpaired) electrons. The van der Waals surface area contributed by atoms with Gasteiger partial charge < -0.3 is 4.74 Å². The smallest absolute Gasteiger partial charge is 0.173 e. The Kier molecular flexibility index (Phi) is 1.58. The highest BCUT2D eigenvalue weighted by Gasteiger charge is 2.59. The van der Waals surface area contributed by atoms with E-state index in [0.717, 1.165) is 11.3 Å². The number of hydrogen-bond donors (Lipinski definition) is 0. The van der Waals surface area contributed by atoms with Crippen LogP contribution in [0.3, 0.4) is 0 Å². The zero-order valence-electron chi connectivity index (χ0n) is 9.06. The van der Waals surface area contributed by atoms with E-state index in [1.165, 1.54) is 19.3 Å². The Hall–Kier alpha value is -1.31. The number of hydrogen-bond acceptors (Lipinski definition) is 2. The first-order valence-corrected chi connectivity index (χ1v) is 6.16. The van der Waals surface area contributed by atoms with Gasteiger partial charge in [-0.15, -0.1) is 0 Å². The van der Waals surface area contributed by atoms with Crippen LogP contribution in [-0.4, -0.2) is 11.9 Å². The number of carbonyl (C=O) groups is 1. The minimum absolute atomic E-state index is 0.169. The van der Waals surface area contributed by atoms with Crippen molar-refractivity contribution in [3.05, 3.63) is 29.8 Å². The maximum Gasteiger partial charge on any atom is 0.173 e. The fraction of sp³-hybridized carbons (Fsp3) is 0.500. The van der Waals surface area contributed by atoms with Crippen LogP contribution >= 0.6 is 0 Å². The molecule has 1 aliphatic heterocycles. The van der Waals surface area contributed by atoms with Crippen LogP contribution < -0.4 is 4.74 Å². The summed E-state index contributed by atoms with van der Waals surface area (Å²) in [6.07, 6.45) is 3.94. The third kappa shape index (κ3) is 0.909. The van der Waals surface area contributed by atoms with Crippen LogP contribution in [0.25, 0.3) is 0 Å². The lowest BCUT2D eigenvalue weighted by Gasteiger charge is -2.50. The third-order valence-corrected chi connectivity index (χ3v) is 4.58. The van der Waals surface area contributed by atoms with Crippen LogP contribution in [-0.2, 0) is 0 Å². The van der Waals surface area contributed by atoms with Crippen LogP contribution in [0.15, 0.2) is 24.3 Å². The topological polar surface area (TPSA) is 26.3 Å². The predicted octanol–water partition coefficient (Wildman–Crippen LogP) is 2.68. The highest BCUT2D eigenvalue weighted by atomic mass is 16.5. The lowest BCUT2D eigenvalue weighted by Crippen LogP contribution is -2.57. The second-order valence-corrected chi connectivity index (χ2v) is 5.23. The van der Waals surface area contributed by atoms with Gasteiger partial charge >= 0.3 is 0 Å². The number of benzene rings is 1. The van der Waals surface area contributed by atoms with Gasteiger partial charge in [0, 0.05) is 5.92 Å². The summed E-state index contributed by atoms with van der Waals surface area (Å²) < 4.78 is 5.99. The van der Waals surface area contributed by atoms with E-state index in [9.17, 15) is 4.79 Å². The number of para-hydroxylation sites is 1. The maximum absolute atomic E-state index is 12.3. The van der Waals surface area contributed by atoms with E-state index in [-0.39, 0.29) is 12.0 Å². The molecule has 1 aromatic carbocycles. The molecule has 0 N–H and O–H groups in total. The number of carbonyl (C=O) groups excluding carboxylic acids is 1. The maximum atomic E-state index is 12.3. The van der Waals surface area contributed by atoms with Crippen LogP contribution in [0, 0.1) is 17.8 Å². The van der Waals surface area contributed by atoms with Crippen molar-refractivity contribution in [3.63, 3.8) is 0 Å². The van der Waals surface area contributed by atoms with Crippen molar-refractivity contribution < 1.29 is 9.53 Å². The minimum Gasteiger partial charge on any atom is -0.489 e. The van der Waals surface area contributed by atoms with Gasteiger partial charge in [-0.25, -0.2) is 0 Å². The summed E-state index contributed by atoms with van der Waals surface area (Å²) >= 11 is 0. The van der Waals surface area contributed by atoms with Crippen LogP contribution in [0.5, 0.6) is 5.75 Å². The number of Topliss-reactive ketones (excluding diaryl/α,β-unsaturated/α-hetero) is 1. The van der Waals surface area contributed by atoms with Gasteiger partial charge in [-0.1, -0.05) is 18.6 Å². The van der Waals surface area contributed by atoms with Crippen LogP contribution in [0.2, 0.25) is 0 Å². The molecule has 1 aromatic rings. The summed E-state index contributed by atoms with van der Waals surface area (Å²) in [5.74, 6) is 2.57. The summed E-state index contributed by atoms with van der Waals surface area (Å²) in [4.78, 5) is 12.3. The Labute approximate surface area is 94.6 Å². The monoisotopic (exact) mass is 214 g/mol. The molecule has 0 spiro atoms. The van der Waals surface area contributed by atoms with Gasteiger partial charge in [0.15, 0.2) is 5.78 Å². The highest BCUT2D eigenvalue weighted by Crippen LogP contribution is 2.56. The molecule has 4 unspecified atom stereocenters. The number of fused-ring (bicyclic) bond motifs is 5. The summed E-state index contributed by atoms with van der Waals surface area (Å²) in [6.45, 7) is 0. The molecule has 2 saturated carbocycles. The van der Waals surface area contributed by atoms with E-state index < -0.39 is 0 Å². The Bertz CT molecular complexity index is 466. The molecule has 1 heterocycles. The van der Waals surface area contributed by atoms with Gasteiger partial charge in [-0.05, 0) is 30.9 Å². The van der Waals surface area contributed by atoms with Crippen molar-refractivity contribution in [1.82, 2.24) is 0 Å². The van der Waals surface area contributed by atoms with Crippen molar-refractivity contribution in [2.45, 2.75) is 25.4 Å². The molecule has 0 aromatic heterocycles. The minimum atomic E-state index is 0.169. The fourth-order valence-electron chi connectivity index (χ4n) is 3.84. The molecule has 0 saturated heterocycles. The standard InChI is InChI=1S/C14H14O2/c15-13-10-4-1-2-7-11(10)16-14-9-6-3-5-8(9)12(13)14/h1-2,4,7-9,12,14H,3,5-6H2. The summed E-state index contributed by atoms with van der Waals surface area (Å²) in [5, 5.41) is 0. The molecule has 2 aliphatic carbocycles. The fourth-order valence-corrected chi connectivity index (χ4v) is 3.84. The molecule has 4 atom stereocenters. The van der Waals surface area contributed by atoms with E-state index in [2.05, 4.69) is 0 Å². The zero-order valence-corrected chi connectivity index (χ0v) is 9.06. The molecule has 2 heteroatoms. The molecule has 3 aliphatic rings. The van der Waals surface area contributed by atoms with E-state index in [1.54, 1.807) is 0 Å². The molecule has 2 fully saturated rings. The summed E-state index contributed by atoms with van der Waals surface area (Å²) in [6, 6.07) is 7.68. The van der Waals surface area contributed by atoms with Gasteiger partial charge in [0.1, 0.15) is 11.9 Å². The van der Waals surface area contributed by atoms with Gasteiger partial charge in [-0.3, -0.25) is 4.79 Å². The Morgan fingerprint density at radius 2 is 1.94 bits per heavy atom. The van der Waals surface area contributed by atoms with E-state index in [0.29, 0.717) is 17.6 Å². The molecule has 82 valence electrons. The van der Waals surface area contributed by atoms with E-state index in [1.807, 2.05) is 24.3 Å². The third-order valence-electron chi connectivity index (χ3n) is 4.58. The number of ether oxygens (including phenoxy) is 1. The Balaban J connectivity index is 1.78. The van der Waals surface area contributed by atoms with Gasteiger partial charge in [0.05, 0.1) is 11.5 Å². The van der Waals surface area contributed by atoms with Crippen molar-refractivity contribution >= 4 is 5.78 Å². The highest BCUT2D eigenvalue weighted by molar-refractivity contribution is 6.02. The van der Waals surface area contributed by atoms with E-state index in [4.69, 9.17) is 4.74 Å². The van der Waals surface area contributed by atoms with Crippen LogP contribution in [0.4, 0.5) is 0 Å². The first kappa shape index (κ1) is 8.80.